The topological polar surface area (TPSA) is 128 Å². The number of fused-ring (bicyclic) bond motifs is 1. The lowest BCUT2D eigenvalue weighted by molar-refractivity contribution is 0.182. The number of hydrogen-bond acceptors (Lipinski definition) is 8. The third-order valence-electron chi connectivity index (χ3n) is 5.75. The van der Waals surface area contributed by atoms with Crippen molar-refractivity contribution in [3.63, 3.8) is 0 Å². The average Bonchev–Trinajstić information content (AvgIpc) is 3.43. The molecule has 0 radical (unpaired) electrons. The summed E-state index contributed by atoms with van der Waals surface area (Å²) in [5.41, 5.74) is 10.6. The first-order valence-electron chi connectivity index (χ1n) is 10.6. The highest BCUT2D eigenvalue weighted by Crippen LogP contribution is 2.32. The van der Waals surface area contributed by atoms with Crippen LogP contribution in [0.2, 0.25) is 5.15 Å². The molecule has 9 nitrogen and oxygen atoms in total. The number of nitrogens with zero attached hydrogens (tertiary/aromatic N) is 6. The number of aromatic nitrogens is 6. The molecule has 4 heterocycles. The largest absolute Gasteiger partial charge is 0.393 e. The molecule has 0 aromatic carbocycles. The van der Waals surface area contributed by atoms with Gasteiger partial charge < -0.3 is 16.2 Å². The van der Waals surface area contributed by atoms with Crippen molar-refractivity contribution < 1.29 is 5.11 Å². The predicted molar refractivity (Wildman–Crippen MR) is 124 cm³/mol. The molecule has 0 saturated heterocycles. The number of rotatable bonds is 5. The molecular weight excluding hydrogens is 428 g/mol. The van der Waals surface area contributed by atoms with Gasteiger partial charge in [0.05, 0.1) is 23.7 Å². The molecular formula is C22H23ClN8O. The Labute approximate surface area is 189 Å². The van der Waals surface area contributed by atoms with Crippen LogP contribution in [0.4, 0.5) is 11.6 Å². The summed E-state index contributed by atoms with van der Waals surface area (Å²) in [6.45, 7) is 2.03. The summed E-state index contributed by atoms with van der Waals surface area (Å²) in [4.78, 5) is 18.1. The second kappa shape index (κ2) is 8.33. The molecule has 10 heteroatoms. The Morgan fingerprint density at radius 3 is 2.84 bits per heavy atom. The number of nitrogens with two attached hydrogens (primary N) is 1. The van der Waals surface area contributed by atoms with Crippen molar-refractivity contribution >= 4 is 34.3 Å². The summed E-state index contributed by atoms with van der Waals surface area (Å²) >= 11 is 6.02. The molecule has 0 unspecified atom stereocenters. The van der Waals surface area contributed by atoms with Gasteiger partial charge in [-0.25, -0.2) is 24.6 Å². The molecule has 4 aromatic heterocycles. The van der Waals surface area contributed by atoms with Crippen molar-refractivity contribution in [2.45, 2.75) is 44.8 Å². The highest BCUT2D eigenvalue weighted by atomic mass is 35.5. The third-order valence-corrected chi connectivity index (χ3v) is 5.95. The number of hydrogen-bond donors (Lipinski definition) is 3. The van der Waals surface area contributed by atoms with E-state index in [1.54, 1.807) is 29.3 Å². The number of pyridine rings is 2. The van der Waals surface area contributed by atoms with Crippen LogP contribution in [0.3, 0.4) is 0 Å². The normalized spacial score (nSPS) is 18.3. The van der Waals surface area contributed by atoms with E-state index >= 15 is 0 Å². The lowest BCUT2D eigenvalue weighted by Crippen LogP contribution is -2.19. The van der Waals surface area contributed by atoms with Gasteiger partial charge in [-0.05, 0) is 31.7 Å². The molecule has 4 aromatic rings. The summed E-state index contributed by atoms with van der Waals surface area (Å²) in [6, 6.07) is 3.74. The smallest absolute Gasteiger partial charge is 0.151 e. The van der Waals surface area contributed by atoms with E-state index < -0.39 is 0 Å². The first-order chi connectivity index (χ1) is 15.5. The minimum atomic E-state index is -0.270. The van der Waals surface area contributed by atoms with Crippen molar-refractivity contribution in [3.05, 3.63) is 47.8 Å². The highest BCUT2D eigenvalue weighted by Gasteiger charge is 2.24. The molecule has 164 valence electrons. The van der Waals surface area contributed by atoms with Gasteiger partial charge >= 0.3 is 0 Å². The number of nitrogens with one attached hydrogen (secondary N) is 1. The van der Waals surface area contributed by atoms with Gasteiger partial charge in [0.2, 0.25) is 0 Å². The number of aryl methyl sites for hydroxylation is 1. The second-order valence-electron chi connectivity index (χ2n) is 7.95. The zero-order valence-corrected chi connectivity index (χ0v) is 18.3. The van der Waals surface area contributed by atoms with Crippen molar-refractivity contribution in [1.29, 1.82) is 0 Å². The van der Waals surface area contributed by atoms with Crippen molar-refractivity contribution in [2.24, 2.45) is 0 Å². The third kappa shape index (κ3) is 3.85. The van der Waals surface area contributed by atoms with E-state index in [2.05, 4.69) is 20.4 Å². The minimum absolute atomic E-state index is 0.170. The van der Waals surface area contributed by atoms with Gasteiger partial charge in [0.1, 0.15) is 22.0 Å². The van der Waals surface area contributed by atoms with Crippen molar-refractivity contribution in [1.82, 2.24) is 29.7 Å². The zero-order chi connectivity index (χ0) is 22.2. The molecule has 4 N–H and O–H groups in total. The Morgan fingerprint density at radius 1 is 1.22 bits per heavy atom. The van der Waals surface area contributed by atoms with E-state index in [1.807, 2.05) is 19.2 Å². The maximum absolute atomic E-state index is 9.90. The summed E-state index contributed by atoms with van der Waals surface area (Å²) in [6.07, 6.45) is 9.79. The standard InChI is InChI=1S/C22H23ClN8O/c1-2-17-22(28-13-3-4-15(32)7-13)30-19-16(10-26-21(24)20(19)29-17)12-9-27-31(11-12)14-5-6-25-18(23)8-14/h5-6,8-11,13,15,32H,2-4,7H2,1H3,(H2,24,26)(H,28,30)/t13-,15+/m1/s1. The SMILES string of the molecule is CCc1nc2c(N)ncc(-c3cnn(-c4ccnc(Cl)c4)c3)c2nc1N[C@@H]1CC[C@H](O)C1. The zero-order valence-electron chi connectivity index (χ0n) is 17.5. The molecule has 32 heavy (non-hydrogen) atoms. The number of aliphatic hydroxyl groups excluding tert-OH is 1. The molecule has 2 atom stereocenters. The van der Waals surface area contributed by atoms with E-state index in [1.165, 1.54) is 0 Å². The van der Waals surface area contributed by atoms with Gasteiger partial charge in [-0.2, -0.15) is 5.10 Å². The van der Waals surface area contributed by atoms with Crippen molar-refractivity contribution in [2.75, 3.05) is 11.1 Å². The van der Waals surface area contributed by atoms with Crippen LogP contribution in [0, 0.1) is 0 Å². The molecule has 5 rings (SSSR count). The first kappa shape index (κ1) is 20.6. The van der Waals surface area contributed by atoms with E-state index in [4.69, 9.17) is 27.3 Å². The van der Waals surface area contributed by atoms with Crippen LogP contribution in [0.25, 0.3) is 27.8 Å². The maximum Gasteiger partial charge on any atom is 0.151 e. The minimum Gasteiger partial charge on any atom is -0.393 e. The van der Waals surface area contributed by atoms with Crippen LogP contribution in [0.15, 0.2) is 36.9 Å². The number of aliphatic hydroxyl groups is 1. The van der Waals surface area contributed by atoms with Crippen LogP contribution >= 0.6 is 11.6 Å². The number of halogens is 1. The van der Waals surface area contributed by atoms with Crippen LogP contribution in [0.5, 0.6) is 0 Å². The molecule has 0 aliphatic heterocycles. The first-order valence-corrected chi connectivity index (χ1v) is 11.0. The maximum atomic E-state index is 9.90. The van der Waals surface area contributed by atoms with Crippen LogP contribution in [-0.4, -0.2) is 47.0 Å². The fourth-order valence-corrected chi connectivity index (χ4v) is 4.25. The average molecular weight is 451 g/mol. The number of nitrogen functional groups attached to an aromatic ring is 1. The van der Waals surface area contributed by atoms with E-state index in [-0.39, 0.29) is 12.1 Å². The van der Waals surface area contributed by atoms with E-state index in [0.717, 1.165) is 41.2 Å². The van der Waals surface area contributed by atoms with Crippen LogP contribution < -0.4 is 11.1 Å². The van der Waals surface area contributed by atoms with Gasteiger partial charge in [-0.1, -0.05) is 18.5 Å². The molecule has 1 fully saturated rings. The van der Waals surface area contributed by atoms with Crippen LogP contribution in [-0.2, 0) is 6.42 Å². The van der Waals surface area contributed by atoms with E-state index in [9.17, 15) is 5.11 Å². The molecule has 1 aliphatic carbocycles. The quantitative estimate of drug-likeness (QED) is 0.395. The summed E-state index contributed by atoms with van der Waals surface area (Å²) < 4.78 is 1.72. The van der Waals surface area contributed by atoms with Gasteiger partial charge in [0.25, 0.3) is 0 Å². The molecule has 0 bridgehead atoms. The fraction of sp³-hybridized carbons (Fsp3) is 0.318. The summed E-state index contributed by atoms with van der Waals surface area (Å²) in [5, 5.41) is 18.2. The summed E-state index contributed by atoms with van der Waals surface area (Å²) in [5.74, 6) is 1.06. The molecule has 0 spiro atoms. The Hall–Kier alpha value is -3.30. The Morgan fingerprint density at radius 2 is 2.09 bits per heavy atom. The number of anilines is 2. The predicted octanol–water partition coefficient (Wildman–Crippen LogP) is 3.40. The molecule has 0 amide bonds. The Bertz CT molecular complexity index is 1290. The highest BCUT2D eigenvalue weighted by molar-refractivity contribution is 6.29. The fourth-order valence-electron chi connectivity index (χ4n) is 4.09. The lowest BCUT2D eigenvalue weighted by atomic mass is 10.1. The van der Waals surface area contributed by atoms with Crippen molar-refractivity contribution in [3.8, 4) is 16.8 Å². The van der Waals surface area contributed by atoms with Gasteiger partial charge in [0.15, 0.2) is 5.82 Å². The second-order valence-corrected chi connectivity index (χ2v) is 8.33. The lowest BCUT2D eigenvalue weighted by Gasteiger charge is -2.17. The molecule has 1 aliphatic rings. The van der Waals surface area contributed by atoms with Gasteiger partial charge in [-0.3, -0.25) is 0 Å². The monoisotopic (exact) mass is 450 g/mol. The van der Waals surface area contributed by atoms with Gasteiger partial charge in [-0.15, -0.1) is 0 Å². The Balaban J connectivity index is 1.59. The Kier molecular flexibility index (Phi) is 5.36. The van der Waals surface area contributed by atoms with Gasteiger partial charge in [0, 0.05) is 41.8 Å². The summed E-state index contributed by atoms with van der Waals surface area (Å²) in [7, 11) is 0. The van der Waals surface area contributed by atoms with Crippen LogP contribution in [0.1, 0.15) is 31.9 Å². The molecule has 1 saturated carbocycles. The van der Waals surface area contributed by atoms with E-state index in [0.29, 0.717) is 34.8 Å².